The highest BCUT2D eigenvalue weighted by atomic mass is 32.2. The number of rotatable bonds is 6. The normalized spacial score (nSPS) is 10.1. The van der Waals surface area contributed by atoms with Gasteiger partial charge in [0.05, 0.1) is 0 Å². The first-order chi connectivity index (χ1) is 6.83. The second-order valence-electron chi connectivity index (χ2n) is 3.03. The van der Waals surface area contributed by atoms with Crippen molar-refractivity contribution in [3.05, 3.63) is 24.3 Å². The van der Waals surface area contributed by atoms with Crippen molar-refractivity contribution >= 4 is 17.4 Å². The quantitative estimate of drug-likeness (QED) is 0.710. The van der Waals surface area contributed by atoms with E-state index < -0.39 is 0 Å². The van der Waals surface area contributed by atoms with Gasteiger partial charge in [0.2, 0.25) is 0 Å². The molecule has 0 heterocycles. The molecule has 0 aliphatic carbocycles. The van der Waals surface area contributed by atoms with E-state index in [-0.39, 0.29) is 0 Å². The highest BCUT2D eigenvalue weighted by Gasteiger charge is 1.92. The topological polar surface area (TPSA) is 32.3 Å². The van der Waals surface area contributed by atoms with Crippen LogP contribution in [0, 0.1) is 0 Å². The van der Waals surface area contributed by atoms with Gasteiger partial charge in [-0.05, 0) is 30.1 Å². The average Bonchev–Trinajstić information content (AvgIpc) is 2.18. The molecule has 0 bridgehead atoms. The Bertz CT molecular complexity index is 265. The molecule has 0 amide bonds. The fourth-order valence-corrected chi connectivity index (χ4v) is 1.80. The monoisotopic (exact) mass is 211 g/mol. The van der Waals surface area contributed by atoms with Gasteiger partial charge in [0.25, 0.3) is 0 Å². The molecule has 0 fully saturated rings. The van der Waals surface area contributed by atoms with Gasteiger partial charge in [0, 0.05) is 18.3 Å². The van der Waals surface area contributed by atoms with Crippen LogP contribution in [0.2, 0.25) is 0 Å². The SMILES string of the molecule is CCSCCCNc1cccc(O)c1. The zero-order valence-corrected chi connectivity index (χ0v) is 9.31. The molecule has 3 heteroatoms. The van der Waals surface area contributed by atoms with E-state index in [4.69, 9.17) is 0 Å². The van der Waals surface area contributed by atoms with Crippen molar-refractivity contribution in [2.45, 2.75) is 13.3 Å². The molecule has 1 aromatic carbocycles. The third-order valence-electron chi connectivity index (χ3n) is 1.84. The molecular weight excluding hydrogens is 194 g/mol. The van der Waals surface area contributed by atoms with E-state index in [9.17, 15) is 5.11 Å². The highest BCUT2D eigenvalue weighted by Crippen LogP contribution is 2.15. The van der Waals surface area contributed by atoms with Crippen LogP contribution in [0.3, 0.4) is 0 Å². The van der Waals surface area contributed by atoms with Crippen LogP contribution in [-0.4, -0.2) is 23.2 Å². The van der Waals surface area contributed by atoms with Gasteiger partial charge < -0.3 is 10.4 Å². The molecule has 2 nitrogen and oxygen atoms in total. The van der Waals surface area contributed by atoms with Crippen LogP contribution in [0.25, 0.3) is 0 Å². The van der Waals surface area contributed by atoms with Crippen LogP contribution >= 0.6 is 11.8 Å². The van der Waals surface area contributed by atoms with Crippen LogP contribution in [0.4, 0.5) is 5.69 Å². The molecule has 0 unspecified atom stereocenters. The Hall–Kier alpha value is -0.830. The molecule has 0 aromatic heterocycles. The van der Waals surface area contributed by atoms with E-state index >= 15 is 0 Å². The summed E-state index contributed by atoms with van der Waals surface area (Å²) in [5.41, 5.74) is 0.992. The number of aromatic hydroxyl groups is 1. The van der Waals surface area contributed by atoms with E-state index in [2.05, 4.69) is 12.2 Å². The number of nitrogens with one attached hydrogen (secondary N) is 1. The van der Waals surface area contributed by atoms with E-state index in [1.165, 1.54) is 11.5 Å². The van der Waals surface area contributed by atoms with Crippen molar-refractivity contribution in [2.24, 2.45) is 0 Å². The largest absolute Gasteiger partial charge is 0.508 e. The molecule has 2 N–H and O–H groups in total. The fraction of sp³-hybridized carbons (Fsp3) is 0.455. The van der Waals surface area contributed by atoms with Gasteiger partial charge in [-0.3, -0.25) is 0 Å². The summed E-state index contributed by atoms with van der Waals surface area (Å²) in [4.78, 5) is 0. The molecule has 0 saturated heterocycles. The Morgan fingerprint density at radius 1 is 1.43 bits per heavy atom. The number of benzene rings is 1. The molecule has 0 saturated carbocycles. The Morgan fingerprint density at radius 3 is 3.00 bits per heavy atom. The Morgan fingerprint density at radius 2 is 2.29 bits per heavy atom. The maximum Gasteiger partial charge on any atom is 0.117 e. The molecule has 78 valence electrons. The van der Waals surface area contributed by atoms with Gasteiger partial charge in [0.15, 0.2) is 0 Å². The first-order valence-electron chi connectivity index (χ1n) is 4.93. The first kappa shape index (κ1) is 11.2. The summed E-state index contributed by atoms with van der Waals surface area (Å²) in [5.74, 6) is 2.70. The van der Waals surface area contributed by atoms with Crippen LogP contribution in [0.1, 0.15) is 13.3 Å². The highest BCUT2D eigenvalue weighted by molar-refractivity contribution is 7.99. The number of hydrogen-bond donors (Lipinski definition) is 2. The van der Waals surface area contributed by atoms with Gasteiger partial charge in [-0.2, -0.15) is 11.8 Å². The number of phenolic OH excluding ortho intramolecular Hbond substituents is 1. The Kier molecular flexibility index (Phi) is 5.30. The maximum absolute atomic E-state index is 9.21. The average molecular weight is 211 g/mol. The smallest absolute Gasteiger partial charge is 0.117 e. The summed E-state index contributed by atoms with van der Waals surface area (Å²) in [6, 6.07) is 7.23. The molecular formula is C11H17NOS. The molecule has 1 aromatic rings. The standard InChI is InChI=1S/C11H17NOS/c1-2-14-8-4-7-12-10-5-3-6-11(13)9-10/h3,5-6,9,12-13H,2,4,7-8H2,1H3. The lowest BCUT2D eigenvalue weighted by atomic mass is 10.3. The predicted molar refractivity (Wildman–Crippen MR) is 64.2 cm³/mol. The van der Waals surface area contributed by atoms with Crippen molar-refractivity contribution in [1.29, 1.82) is 0 Å². The van der Waals surface area contributed by atoms with Crippen LogP contribution in [0.15, 0.2) is 24.3 Å². The third kappa shape index (κ3) is 4.42. The van der Waals surface area contributed by atoms with E-state index in [1.54, 1.807) is 12.1 Å². The summed E-state index contributed by atoms with van der Waals surface area (Å²) in [6.45, 7) is 3.14. The minimum atomic E-state index is 0.318. The van der Waals surface area contributed by atoms with Gasteiger partial charge >= 0.3 is 0 Å². The van der Waals surface area contributed by atoms with Crippen molar-refractivity contribution in [2.75, 3.05) is 23.4 Å². The molecule has 14 heavy (non-hydrogen) atoms. The summed E-state index contributed by atoms with van der Waals surface area (Å²) in [7, 11) is 0. The molecule has 0 radical (unpaired) electrons. The van der Waals surface area contributed by atoms with Crippen molar-refractivity contribution < 1.29 is 5.11 Å². The van der Waals surface area contributed by atoms with Gasteiger partial charge in [0.1, 0.15) is 5.75 Å². The first-order valence-corrected chi connectivity index (χ1v) is 6.09. The Balaban J connectivity index is 2.18. The zero-order chi connectivity index (χ0) is 10.2. The van der Waals surface area contributed by atoms with E-state index in [0.717, 1.165) is 18.7 Å². The molecule has 0 aliphatic heterocycles. The predicted octanol–water partition coefficient (Wildman–Crippen LogP) is 2.95. The summed E-state index contributed by atoms with van der Waals surface area (Å²) < 4.78 is 0. The molecule has 0 aliphatic rings. The van der Waals surface area contributed by atoms with Crippen LogP contribution in [-0.2, 0) is 0 Å². The minimum absolute atomic E-state index is 0.318. The van der Waals surface area contributed by atoms with Crippen LogP contribution < -0.4 is 5.32 Å². The fourth-order valence-electron chi connectivity index (χ4n) is 1.17. The number of anilines is 1. The van der Waals surface area contributed by atoms with Crippen molar-refractivity contribution in [3.63, 3.8) is 0 Å². The maximum atomic E-state index is 9.21. The Labute approximate surface area is 89.7 Å². The van der Waals surface area contributed by atoms with Gasteiger partial charge in [-0.25, -0.2) is 0 Å². The van der Waals surface area contributed by atoms with Crippen molar-refractivity contribution in [3.8, 4) is 5.75 Å². The lowest BCUT2D eigenvalue weighted by molar-refractivity contribution is 0.475. The van der Waals surface area contributed by atoms with Crippen molar-refractivity contribution in [1.82, 2.24) is 0 Å². The molecule has 0 spiro atoms. The zero-order valence-electron chi connectivity index (χ0n) is 8.49. The summed E-state index contributed by atoms with van der Waals surface area (Å²) in [5, 5.41) is 12.5. The lowest BCUT2D eigenvalue weighted by Gasteiger charge is -2.05. The van der Waals surface area contributed by atoms with Gasteiger partial charge in [-0.1, -0.05) is 13.0 Å². The number of phenols is 1. The van der Waals surface area contributed by atoms with Crippen LogP contribution in [0.5, 0.6) is 5.75 Å². The second kappa shape index (κ2) is 6.60. The third-order valence-corrected chi connectivity index (χ3v) is 2.83. The van der Waals surface area contributed by atoms with E-state index in [0.29, 0.717) is 5.75 Å². The van der Waals surface area contributed by atoms with E-state index in [1.807, 2.05) is 23.9 Å². The number of thioether (sulfide) groups is 1. The minimum Gasteiger partial charge on any atom is -0.508 e. The molecule has 1 rings (SSSR count). The summed E-state index contributed by atoms with van der Waals surface area (Å²) >= 11 is 1.96. The van der Waals surface area contributed by atoms with Gasteiger partial charge in [-0.15, -0.1) is 0 Å². The summed E-state index contributed by atoms with van der Waals surface area (Å²) in [6.07, 6.45) is 1.16. The lowest BCUT2D eigenvalue weighted by Crippen LogP contribution is -2.02. The molecule has 0 atom stereocenters. The second-order valence-corrected chi connectivity index (χ2v) is 4.42. The number of hydrogen-bond acceptors (Lipinski definition) is 3.